The van der Waals surface area contributed by atoms with Crippen LogP contribution in [0.25, 0.3) is 10.9 Å². The summed E-state index contributed by atoms with van der Waals surface area (Å²) in [6.07, 6.45) is 0.311. The molecule has 3 amide bonds. The van der Waals surface area contributed by atoms with Crippen LogP contribution in [0.4, 0.5) is 4.79 Å². The van der Waals surface area contributed by atoms with E-state index in [4.69, 9.17) is 25.8 Å². The van der Waals surface area contributed by atoms with E-state index in [2.05, 4.69) is 10.3 Å². The molecule has 1 unspecified atom stereocenters. The Morgan fingerprint density at radius 2 is 1.73 bits per heavy atom. The molecule has 4 rings (SSSR count). The van der Waals surface area contributed by atoms with E-state index in [1.807, 2.05) is 0 Å². The quantitative estimate of drug-likeness (QED) is 0.344. The lowest BCUT2D eigenvalue weighted by Crippen LogP contribution is -2.56. The molecule has 0 radical (unpaired) electrons. The number of ether oxygens (including phenoxy) is 3. The van der Waals surface area contributed by atoms with Crippen molar-refractivity contribution >= 4 is 52.4 Å². The number of halogens is 1. The van der Waals surface area contributed by atoms with E-state index in [0.717, 1.165) is 0 Å². The van der Waals surface area contributed by atoms with Gasteiger partial charge in [0.25, 0.3) is 5.91 Å². The van der Waals surface area contributed by atoms with Crippen LogP contribution < -0.4 is 10.1 Å². The van der Waals surface area contributed by atoms with Gasteiger partial charge in [-0.3, -0.25) is 14.4 Å². The number of fused-ring (bicyclic) bond motifs is 1. The lowest BCUT2D eigenvalue weighted by atomic mass is 9.80. The van der Waals surface area contributed by atoms with Crippen molar-refractivity contribution < 1.29 is 43.3 Å². The van der Waals surface area contributed by atoms with E-state index in [0.29, 0.717) is 40.8 Å². The summed E-state index contributed by atoms with van der Waals surface area (Å²) in [6.45, 7) is 8.07. The van der Waals surface area contributed by atoms with Crippen LogP contribution in [0.1, 0.15) is 68.9 Å². The fourth-order valence-electron chi connectivity index (χ4n) is 5.21. The molecule has 14 heteroatoms. The van der Waals surface area contributed by atoms with Crippen LogP contribution in [-0.2, 0) is 23.9 Å². The molecule has 1 aliphatic carbocycles. The maximum Gasteiger partial charge on any atom is 0.409 e. The van der Waals surface area contributed by atoms with E-state index in [1.54, 1.807) is 39.8 Å². The van der Waals surface area contributed by atoms with Gasteiger partial charge in [-0.15, -0.1) is 0 Å². The molecule has 2 aromatic rings. The first-order valence-corrected chi connectivity index (χ1v) is 15.5. The third-order valence-electron chi connectivity index (χ3n) is 7.87. The molecule has 45 heavy (non-hydrogen) atoms. The number of carboxylic acids is 1. The number of benzene rings is 1. The van der Waals surface area contributed by atoms with Crippen molar-refractivity contribution in [2.45, 2.75) is 77.5 Å². The van der Waals surface area contributed by atoms with Crippen LogP contribution in [0, 0.1) is 6.92 Å². The number of carbonyl (C=O) groups excluding carboxylic acids is 4. The summed E-state index contributed by atoms with van der Waals surface area (Å²) in [6, 6.07) is 3.52. The van der Waals surface area contributed by atoms with E-state index in [9.17, 15) is 29.1 Å². The molecule has 1 atom stereocenters. The summed E-state index contributed by atoms with van der Waals surface area (Å²) in [7, 11) is 0. The standard InChI is InChI=1S/C31H39ClN4O9/c1-5-43-30(42)36-13-11-35(12-14-36)28(39)22(7-8-26(37)44-18(2)3)34-27(38)24-17-25(45-31(29(40)41)9-6-10-31)20-16-21(32)19(4)15-23(20)33-24/h15-18,22H,5-14H2,1-4H3,(H,34,38)(H,40,41). The van der Waals surface area contributed by atoms with Gasteiger partial charge in [0.15, 0.2) is 0 Å². The molecule has 2 fully saturated rings. The zero-order valence-corrected chi connectivity index (χ0v) is 26.6. The van der Waals surface area contributed by atoms with Crippen molar-refractivity contribution in [2.75, 3.05) is 32.8 Å². The second kappa shape index (κ2) is 14.3. The molecule has 1 saturated heterocycles. The number of aryl methyl sites for hydroxylation is 1. The Labute approximate surface area is 266 Å². The highest BCUT2D eigenvalue weighted by molar-refractivity contribution is 6.32. The number of aliphatic carboxylic acids is 1. The second-order valence-electron chi connectivity index (χ2n) is 11.5. The van der Waals surface area contributed by atoms with Crippen molar-refractivity contribution in [3.63, 3.8) is 0 Å². The minimum Gasteiger partial charge on any atom is -0.478 e. The average molecular weight is 647 g/mol. The lowest BCUT2D eigenvalue weighted by molar-refractivity contribution is -0.163. The van der Waals surface area contributed by atoms with Gasteiger partial charge in [-0.1, -0.05) is 11.6 Å². The van der Waals surface area contributed by atoms with Crippen LogP contribution in [0.3, 0.4) is 0 Å². The largest absolute Gasteiger partial charge is 0.478 e. The third-order valence-corrected chi connectivity index (χ3v) is 8.27. The zero-order valence-electron chi connectivity index (χ0n) is 25.9. The summed E-state index contributed by atoms with van der Waals surface area (Å²) < 4.78 is 16.3. The Hall–Kier alpha value is -4.13. The van der Waals surface area contributed by atoms with Crippen molar-refractivity contribution in [1.29, 1.82) is 0 Å². The Kier molecular flexibility index (Phi) is 10.7. The van der Waals surface area contributed by atoms with Gasteiger partial charge in [0.05, 0.1) is 18.2 Å². The zero-order chi connectivity index (χ0) is 32.9. The van der Waals surface area contributed by atoms with Gasteiger partial charge >= 0.3 is 18.0 Å². The number of amides is 3. The van der Waals surface area contributed by atoms with Crippen molar-refractivity contribution in [3.8, 4) is 5.75 Å². The Balaban J connectivity index is 1.60. The van der Waals surface area contributed by atoms with Crippen LogP contribution in [-0.4, -0.2) is 100 Å². The number of esters is 1. The summed E-state index contributed by atoms with van der Waals surface area (Å²) >= 11 is 6.37. The molecular formula is C31H39ClN4O9. The van der Waals surface area contributed by atoms with Gasteiger partial charge < -0.3 is 34.4 Å². The third kappa shape index (κ3) is 7.94. The highest BCUT2D eigenvalue weighted by Gasteiger charge is 2.47. The topological polar surface area (TPSA) is 165 Å². The highest BCUT2D eigenvalue weighted by Crippen LogP contribution is 2.40. The van der Waals surface area contributed by atoms with Crippen LogP contribution in [0.5, 0.6) is 5.75 Å². The molecule has 1 aromatic heterocycles. The molecule has 0 spiro atoms. The van der Waals surface area contributed by atoms with Crippen LogP contribution in [0.2, 0.25) is 5.02 Å². The predicted molar refractivity (Wildman–Crippen MR) is 163 cm³/mol. The van der Waals surface area contributed by atoms with Crippen molar-refractivity contribution in [3.05, 3.63) is 34.5 Å². The molecule has 244 valence electrons. The maximum atomic E-state index is 13.7. The van der Waals surface area contributed by atoms with Crippen molar-refractivity contribution in [2.24, 2.45) is 0 Å². The predicted octanol–water partition coefficient (Wildman–Crippen LogP) is 3.71. The van der Waals surface area contributed by atoms with Crippen molar-refractivity contribution in [1.82, 2.24) is 20.1 Å². The number of carbonyl (C=O) groups is 5. The number of rotatable bonds is 11. The number of pyridine rings is 1. The first kappa shape index (κ1) is 33.8. The first-order valence-electron chi connectivity index (χ1n) is 15.1. The molecule has 2 heterocycles. The Bertz CT molecular complexity index is 1470. The number of nitrogens with zero attached hydrogens (tertiary/aromatic N) is 3. The Morgan fingerprint density at radius 3 is 2.31 bits per heavy atom. The molecule has 2 aliphatic rings. The van der Waals surface area contributed by atoms with E-state index >= 15 is 0 Å². The first-order chi connectivity index (χ1) is 21.3. The molecule has 0 bridgehead atoms. The number of carboxylic acid groups (broad SMARTS) is 1. The second-order valence-corrected chi connectivity index (χ2v) is 11.9. The smallest absolute Gasteiger partial charge is 0.409 e. The minimum absolute atomic E-state index is 0.0397. The molecular weight excluding hydrogens is 608 g/mol. The van der Waals surface area contributed by atoms with Crippen LogP contribution in [0.15, 0.2) is 18.2 Å². The number of nitrogens with one attached hydrogen (secondary N) is 1. The molecule has 2 N–H and O–H groups in total. The van der Waals surface area contributed by atoms with Gasteiger partial charge in [0.2, 0.25) is 11.5 Å². The van der Waals surface area contributed by atoms with Gasteiger partial charge in [0.1, 0.15) is 17.5 Å². The highest BCUT2D eigenvalue weighted by atomic mass is 35.5. The molecule has 1 aromatic carbocycles. The normalized spacial score (nSPS) is 16.5. The number of hydrogen-bond donors (Lipinski definition) is 2. The van der Waals surface area contributed by atoms with E-state index < -0.39 is 41.5 Å². The van der Waals surface area contributed by atoms with E-state index in [1.165, 1.54) is 15.9 Å². The van der Waals surface area contributed by atoms with Crippen LogP contribution >= 0.6 is 11.6 Å². The van der Waals surface area contributed by atoms with Gasteiger partial charge in [-0.2, -0.15) is 0 Å². The fourth-order valence-corrected chi connectivity index (χ4v) is 5.37. The molecule has 1 aliphatic heterocycles. The maximum absolute atomic E-state index is 13.7. The fraction of sp³-hybridized carbons (Fsp3) is 0.548. The molecule has 13 nitrogen and oxygen atoms in total. The van der Waals surface area contributed by atoms with Gasteiger partial charge in [-0.05, 0) is 71.1 Å². The SMILES string of the molecule is CCOC(=O)N1CCN(C(=O)C(CCC(=O)OC(C)C)NC(=O)c2cc(OC3(C(=O)O)CCC3)c3cc(Cl)c(C)cc3n2)CC1. The summed E-state index contributed by atoms with van der Waals surface area (Å²) in [4.78, 5) is 71.4. The number of aromatic nitrogens is 1. The summed E-state index contributed by atoms with van der Waals surface area (Å²) in [5.41, 5.74) is -0.484. The van der Waals surface area contributed by atoms with Gasteiger partial charge in [-0.25, -0.2) is 14.6 Å². The number of hydrogen-bond acceptors (Lipinski definition) is 9. The molecule has 1 saturated carbocycles. The van der Waals surface area contributed by atoms with Gasteiger partial charge in [0, 0.05) is 49.1 Å². The summed E-state index contributed by atoms with van der Waals surface area (Å²) in [5, 5.41) is 13.5. The average Bonchev–Trinajstić information content (AvgIpc) is 2.96. The number of piperazine rings is 1. The summed E-state index contributed by atoms with van der Waals surface area (Å²) in [5.74, 6) is -2.63. The van der Waals surface area contributed by atoms with E-state index in [-0.39, 0.29) is 63.2 Å². The monoisotopic (exact) mass is 646 g/mol. The minimum atomic E-state index is -1.43. The lowest BCUT2D eigenvalue weighted by Gasteiger charge is -2.38. The Morgan fingerprint density at radius 1 is 1.07 bits per heavy atom.